The van der Waals surface area contributed by atoms with Crippen LogP contribution in [0.25, 0.3) is 0 Å². The van der Waals surface area contributed by atoms with Crippen molar-refractivity contribution < 1.29 is 27.5 Å². The van der Waals surface area contributed by atoms with E-state index >= 15 is 0 Å². The molecule has 1 unspecified atom stereocenters. The number of nitrogens with one attached hydrogen (secondary N) is 1. The average Bonchev–Trinajstić information content (AvgIpc) is 2.80. The van der Waals surface area contributed by atoms with E-state index in [4.69, 9.17) is 4.74 Å². The molecule has 33 heavy (non-hydrogen) atoms. The predicted molar refractivity (Wildman–Crippen MR) is 120 cm³/mol. The fourth-order valence-electron chi connectivity index (χ4n) is 4.16. The number of halogens is 3. The highest BCUT2D eigenvalue weighted by Gasteiger charge is 2.30. The smallest absolute Gasteiger partial charge is 0.422 e. The Morgan fingerprint density at radius 2 is 1.85 bits per heavy atom. The summed E-state index contributed by atoms with van der Waals surface area (Å²) < 4.78 is 42.5. The number of alkyl halides is 3. The number of aryl methyl sites for hydroxylation is 2. The number of fused-ring (bicyclic) bond motifs is 1. The van der Waals surface area contributed by atoms with Gasteiger partial charge in [0.25, 0.3) is 0 Å². The molecular formula is C24H28F3N3O3. The van der Waals surface area contributed by atoms with Crippen LogP contribution in [-0.2, 0) is 16.1 Å². The van der Waals surface area contributed by atoms with Gasteiger partial charge in [-0.2, -0.15) is 13.2 Å². The Bertz CT molecular complexity index is 1020. The van der Waals surface area contributed by atoms with Crippen molar-refractivity contribution in [2.24, 2.45) is 0 Å². The average molecular weight is 464 g/mol. The first-order chi connectivity index (χ1) is 15.4. The van der Waals surface area contributed by atoms with Crippen LogP contribution in [0.5, 0.6) is 5.75 Å². The molecule has 2 amide bonds. The van der Waals surface area contributed by atoms with Crippen molar-refractivity contribution in [2.75, 3.05) is 30.4 Å². The molecule has 0 radical (unpaired) electrons. The highest BCUT2D eigenvalue weighted by Crippen LogP contribution is 2.32. The van der Waals surface area contributed by atoms with Gasteiger partial charge in [0, 0.05) is 19.0 Å². The van der Waals surface area contributed by atoms with E-state index in [-0.39, 0.29) is 36.6 Å². The number of hydrogen-bond acceptors (Lipinski definition) is 4. The van der Waals surface area contributed by atoms with Crippen molar-refractivity contribution in [1.29, 1.82) is 0 Å². The molecule has 3 rings (SSSR count). The molecule has 0 aromatic heterocycles. The predicted octanol–water partition coefficient (Wildman–Crippen LogP) is 4.44. The van der Waals surface area contributed by atoms with Gasteiger partial charge in [-0.05, 0) is 56.6 Å². The maximum absolute atomic E-state index is 13.2. The number of ether oxygens (including phenoxy) is 1. The lowest BCUT2D eigenvalue weighted by molar-refractivity contribution is -0.153. The van der Waals surface area contributed by atoms with Crippen molar-refractivity contribution in [3.05, 3.63) is 53.1 Å². The highest BCUT2D eigenvalue weighted by atomic mass is 19.4. The van der Waals surface area contributed by atoms with Crippen LogP contribution in [0.2, 0.25) is 0 Å². The number of hydrogen-bond donors (Lipinski definition) is 1. The molecule has 1 atom stereocenters. The Labute approximate surface area is 191 Å². The maximum atomic E-state index is 13.2. The number of nitrogens with zero attached hydrogens (tertiary/aromatic N) is 2. The molecule has 0 saturated carbocycles. The first-order valence-electron chi connectivity index (χ1n) is 10.6. The molecule has 0 bridgehead atoms. The number of rotatable bonds is 6. The Morgan fingerprint density at radius 3 is 2.48 bits per heavy atom. The zero-order chi connectivity index (χ0) is 24.3. The third-order valence-electron chi connectivity index (χ3n) is 5.39. The van der Waals surface area contributed by atoms with Gasteiger partial charge < -0.3 is 15.0 Å². The number of anilines is 2. The Morgan fingerprint density at radius 1 is 1.21 bits per heavy atom. The van der Waals surface area contributed by atoms with E-state index in [2.05, 4.69) is 5.32 Å². The minimum Gasteiger partial charge on any atom is -0.484 e. The van der Waals surface area contributed by atoms with E-state index < -0.39 is 12.8 Å². The molecule has 0 fully saturated rings. The van der Waals surface area contributed by atoms with Gasteiger partial charge in [0.15, 0.2) is 6.61 Å². The summed E-state index contributed by atoms with van der Waals surface area (Å²) in [6.45, 7) is 4.44. The molecule has 2 aromatic rings. The first-order valence-corrected chi connectivity index (χ1v) is 10.6. The summed E-state index contributed by atoms with van der Waals surface area (Å²) in [5, 5.41) is 2.84. The van der Waals surface area contributed by atoms with Crippen molar-refractivity contribution in [3.63, 3.8) is 0 Å². The molecular weight excluding hydrogens is 435 g/mol. The van der Waals surface area contributed by atoms with Gasteiger partial charge >= 0.3 is 6.18 Å². The van der Waals surface area contributed by atoms with Crippen molar-refractivity contribution in [3.8, 4) is 5.75 Å². The topological polar surface area (TPSA) is 61.9 Å². The number of benzene rings is 2. The molecule has 0 spiro atoms. The van der Waals surface area contributed by atoms with Crippen LogP contribution >= 0.6 is 0 Å². The Balaban J connectivity index is 1.71. The van der Waals surface area contributed by atoms with E-state index in [0.717, 1.165) is 5.56 Å². The monoisotopic (exact) mass is 463 g/mol. The Hall–Kier alpha value is -3.07. The second-order valence-corrected chi connectivity index (χ2v) is 8.52. The second-order valence-electron chi connectivity index (χ2n) is 8.52. The van der Waals surface area contributed by atoms with Crippen LogP contribution in [0.1, 0.15) is 30.0 Å². The van der Waals surface area contributed by atoms with Crippen molar-refractivity contribution in [2.45, 2.75) is 46.0 Å². The zero-order valence-corrected chi connectivity index (χ0v) is 19.1. The molecule has 1 heterocycles. The van der Waals surface area contributed by atoms with E-state index in [1.165, 1.54) is 0 Å². The number of likely N-dealkylation sites (N-methyl/N-ethyl adjacent to an activating group) is 1. The van der Waals surface area contributed by atoms with Crippen LogP contribution in [0.3, 0.4) is 0 Å². The van der Waals surface area contributed by atoms with Crippen LogP contribution < -0.4 is 15.0 Å². The second kappa shape index (κ2) is 9.82. The summed E-state index contributed by atoms with van der Waals surface area (Å²) >= 11 is 0. The van der Waals surface area contributed by atoms with E-state index in [1.807, 2.05) is 24.0 Å². The summed E-state index contributed by atoms with van der Waals surface area (Å²) in [5.41, 5.74) is 3.33. The molecule has 178 valence electrons. The van der Waals surface area contributed by atoms with Crippen LogP contribution in [0.4, 0.5) is 24.5 Å². The van der Waals surface area contributed by atoms with Gasteiger partial charge in [0.05, 0.1) is 17.9 Å². The van der Waals surface area contributed by atoms with E-state index in [0.29, 0.717) is 29.0 Å². The van der Waals surface area contributed by atoms with Gasteiger partial charge in [0.1, 0.15) is 5.75 Å². The quantitative estimate of drug-likeness (QED) is 0.688. The van der Waals surface area contributed by atoms with Gasteiger partial charge in [0.2, 0.25) is 11.8 Å². The summed E-state index contributed by atoms with van der Waals surface area (Å²) in [6, 6.07) is 10.4. The summed E-state index contributed by atoms with van der Waals surface area (Å²) in [6.07, 6.45) is -4.21. The van der Waals surface area contributed by atoms with Crippen LogP contribution in [-0.4, -0.2) is 49.1 Å². The lowest BCUT2D eigenvalue weighted by atomic mass is 10.1. The van der Waals surface area contributed by atoms with Gasteiger partial charge in [-0.3, -0.25) is 14.5 Å². The number of carbonyl (C=O) groups is 2. The van der Waals surface area contributed by atoms with Gasteiger partial charge in [-0.1, -0.05) is 24.3 Å². The molecule has 1 N–H and O–H groups in total. The zero-order valence-electron chi connectivity index (χ0n) is 19.1. The molecule has 6 nitrogen and oxygen atoms in total. The van der Waals surface area contributed by atoms with Crippen LogP contribution in [0, 0.1) is 13.8 Å². The fourth-order valence-corrected chi connectivity index (χ4v) is 4.16. The maximum Gasteiger partial charge on any atom is 0.422 e. The minimum atomic E-state index is -4.40. The molecule has 2 aromatic carbocycles. The Kier molecular flexibility index (Phi) is 7.31. The van der Waals surface area contributed by atoms with Gasteiger partial charge in [-0.25, -0.2) is 0 Å². The third-order valence-corrected chi connectivity index (χ3v) is 5.39. The molecule has 0 saturated heterocycles. The van der Waals surface area contributed by atoms with E-state index in [9.17, 15) is 22.8 Å². The molecule has 0 aliphatic carbocycles. The molecule has 1 aliphatic heterocycles. The SMILES string of the molecule is Cc1cc(CN(C)CC(=O)N2c3ccccc3NC(=O)CC2C)cc(C)c1OCC(F)(F)F. The highest BCUT2D eigenvalue weighted by molar-refractivity contribution is 6.04. The largest absolute Gasteiger partial charge is 0.484 e. The molecule has 1 aliphatic rings. The summed E-state index contributed by atoms with van der Waals surface area (Å²) in [7, 11) is 1.80. The standard InChI is InChI=1S/C24H28F3N3O3/c1-15-9-18(10-16(2)23(15)33-14-24(25,26)27)12-29(4)13-22(32)30-17(3)11-21(31)28-19-7-5-6-8-20(19)30/h5-10,17H,11-14H2,1-4H3,(H,28,31). The number of para-hydroxylation sites is 2. The van der Waals surface area contributed by atoms with Crippen molar-refractivity contribution in [1.82, 2.24) is 4.90 Å². The summed E-state index contributed by atoms with van der Waals surface area (Å²) in [4.78, 5) is 28.8. The normalized spacial score (nSPS) is 16.3. The van der Waals surface area contributed by atoms with E-state index in [1.54, 1.807) is 50.1 Å². The lowest BCUT2D eigenvalue weighted by Crippen LogP contribution is -2.44. The van der Waals surface area contributed by atoms with Gasteiger partial charge in [-0.15, -0.1) is 0 Å². The first kappa shape index (κ1) is 24.6. The summed E-state index contributed by atoms with van der Waals surface area (Å²) in [5.74, 6) is -0.0631. The van der Waals surface area contributed by atoms with Crippen LogP contribution in [0.15, 0.2) is 36.4 Å². The minimum absolute atomic E-state index is 0.108. The lowest BCUT2D eigenvalue weighted by Gasteiger charge is -2.30. The van der Waals surface area contributed by atoms with Crippen molar-refractivity contribution >= 4 is 23.2 Å². The number of amides is 2. The number of carbonyl (C=O) groups excluding carboxylic acids is 2. The fraction of sp³-hybridized carbons (Fsp3) is 0.417. The molecule has 9 heteroatoms. The third kappa shape index (κ3) is 6.25.